The summed E-state index contributed by atoms with van der Waals surface area (Å²) in [6, 6.07) is 5.62. The predicted octanol–water partition coefficient (Wildman–Crippen LogP) is 2.27. The van der Waals surface area contributed by atoms with Crippen LogP contribution in [-0.4, -0.2) is 28.1 Å². The molecule has 2 rings (SSSR count). The van der Waals surface area contributed by atoms with Crippen LogP contribution in [0.1, 0.15) is 21.7 Å². The summed E-state index contributed by atoms with van der Waals surface area (Å²) in [5, 5.41) is 18.8. The van der Waals surface area contributed by atoms with Crippen molar-refractivity contribution in [2.24, 2.45) is 0 Å². The van der Waals surface area contributed by atoms with E-state index >= 15 is 0 Å². The van der Waals surface area contributed by atoms with E-state index in [1.165, 1.54) is 23.1 Å². The molecule has 0 unspecified atom stereocenters. The van der Waals surface area contributed by atoms with Gasteiger partial charge in [0.25, 0.3) is 5.91 Å². The molecule has 2 N–H and O–H groups in total. The molecule has 1 aromatic heterocycles. The van der Waals surface area contributed by atoms with Crippen molar-refractivity contribution < 1.29 is 19.4 Å². The first-order valence-electron chi connectivity index (χ1n) is 5.79. The highest BCUT2D eigenvalue weighted by atomic mass is 16.3. The topological polar surface area (TPSA) is 73.9 Å². The molecule has 1 aromatic carbocycles. The molecule has 1 heterocycles. The van der Waals surface area contributed by atoms with Gasteiger partial charge in [-0.25, -0.2) is 0 Å². The summed E-state index contributed by atoms with van der Waals surface area (Å²) in [5.74, 6) is 0.192. The second-order valence-electron chi connectivity index (χ2n) is 4.40. The van der Waals surface area contributed by atoms with Crippen molar-refractivity contribution in [1.29, 1.82) is 0 Å². The Morgan fingerprint density at radius 2 is 1.89 bits per heavy atom. The van der Waals surface area contributed by atoms with Crippen LogP contribution in [0.2, 0.25) is 0 Å². The Labute approximate surface area is 110 Å². The number of carbonyl (C=O) groups excluding carboxylic acids is 1. The molecular formula is C14H15NO4. The predicted molar refractivity (Wildman–Crippen MR) is 69.0 cm³/mol. The van der Waals surface area contributed by atoms with Gasteiger partial charge in [-0.05, 0) is 25.1 Å². The van der Waals surface area contributed by atoms with Gasteiger partial charge in [0, 0.05) is 30.8 Å². The molecule has 0 aliphatic heterocycles. The van der Waals surface area contributed by atoms with Crippen LogP contribution in [0.3, 0.4) is 0 Å². The van der Waals surface area contributed by atoms with Crippen LogP contribution in [0.25, 0.3) is 0 Å². The molecule has 0 aliphatic carbocycles. The number of hydrogen-bond donors (Lipinski definition) is 2. The zero-order valence-electron chi connectivity index (χ0n) is 10.8. The smallest absolute Gasteiger partial charge is 0.254 e. The molecular weight excluding hydrogens is 246 g/mol. The summed E-state index contributed by atoms with van der Waals surface area (Å²) >= 11 is 0. The molecule has 0 atom stereocenters. The second kappa shape index (κ2) is 5.06. The molecule has 0 bridgehead atoms. The molecule has 0 spiro atoms. The largest absolute Gasteiger partial charge is 0.508 e. The fraction of sp³-hybridized carbons (Fsp3) is 0.214. The van der Waals surface area contributed by atoms with Crippen molar-refractivity contribution in [3.8, 4) is 11.5 Å². The number of aryl methyl sites for hydroxylation is 1. The van der Waals surface area contributed by atoms with Crippen LogP contribution < -0.4 is 0 Å². The average Bonchev–Trinajstić information content (AvgIpc) is 2.72. The Bertz CT molecular complexity index is 583. The van der Waals surface area contributed by atoms with E-state index in [0.717, 1.165) is 11.3 Å². The maximum absolute atomic E-state index is 12.2. The summed E-state index contributed by atoms with van der Waals surface area (Å²) in [5.41, 5.74) is 1.15. The molecule has 19 heavy (non-hydrogen) atoms. The lowest BCUT2D eigenvalue weighted by Gasteiger charge is -2.17. The molecule has 5 heteroatoms. The first-order chi connectivity index (χ1) is 8.97. The van der Waals surface area contributed by atoms with Crippen LogP contribution in [0.5, 0.6) is 11.5 Å². The number of rotatable bonds is 3. The van der Waals surface area contributed by atoms with Gasteiger partial charge in [0.15, 0.2) is 0 Å². The van der Waals surface area contributed by atoms with Gasteiger partial charge in [0.1, 0.15) is 17.3 Å². The van der Waals surface area contributed by atoms with E-state index in [1.807, 2.05) is 6.92 Å². The minimum Gasteiger partial charge on any atom is -0.508 e. The Kier molecular flexibility index (Phi) is 3.46. The fourth-order valence-corrected chi connectivity index (χ4v) is 1.84. The van der Waals surface area contributed by atoms with Crippen LogP contribution in [0, 0.1) is 6.92 Å². The van der Waals surface area contributed by atoms with Crippen molar-refractivity contribution in [2.75, 3.05) is 7.05 Å². The number of nitrogens with zero attached hydrogens (tertiary/aromatic N) is 1. The van der Waals surface area contributed by atoms with Gasteiger partial charge >= 0.3 is 0 Å². The van der Waals surface area contributed by atoms with Crippen LogP contribution in [0.15, 0.2) is 34.9 Å². The minimum absolute atomic E-state index is 0.142. The second-order valence-corrected chi connectivity index (χ2v) is 4.40. The summed E-state index contributed by atoms with van der Waals surface area (Å²) in [6.07, 6.45) is 1.57. The molecule has 1 amide bonds. The van der Waals surface area contributed by atoms with Crippen molar-refractivity contribution in [2.45, 2.75) is 13.5 Å². The highest BCUT2D eigenvalue weighted by Gasteiger charge is 2.15. The molecule has 0 saturated heterocycles. The fourth-order valence-electron chi connectivity index (χ4n) is 1.84. The van der Waals surface area contributed by atoms with Gasteiger partial charge in [-0.15, -0.1) is 0 Å². The summed E-state index contributed by atoms with van der Waals surface area (Å²) in [4.78, 5) is 13.7. The van der Waals surface area contributed by atoms with Crippen molar-refractivity contribution in [3.05, 3.63) is 47.4 Å². The lowest BCUT2D eigenvalue weighted by molar-refractivity contribution is 0.0784. The quantitative estimate of drug-likeness (QED) is 0.888. The van der Waals surface area contributed by atoms with Crippen molar-refractivity contribution in [3.63, 3.8) is 0 Å². The van der Waals surface area contributed by atoms with Crippen LogP contribution in [-0.2, 0) is 6.54 Å². The molecule has 100 valence electrons. The normalized spacial score (nSPS) is 10.4. The third-order valence-electron chi connectivity index (χ3n) is 2.87. The van der Waals surface area contributed by atoms with Gasteiger partial charge in [-0.2, -0.15) is 0 Å². The van der Waals surface area contributed by atoms with Crippen molar-refractivity contribution >= 4 is 5.91 Å². The van der Waals surface area contributed by atoms with Gasteiger partial charge in [0.2, 0.25) is 0 Å². The summed E-state index contributed by atoms with van der Waals surface area (Å²) in [7, 11) is 1.65. The number of benzene rings is 1. The Morgan fingerprint density at radius 1 is 1.26 bits per heavy atom. The van der Waals surface area contributed by atoms with E-state index in [-0.39, 0.29) is 23.0 Å². The lowest BCUT2D eigenvalue weighted by atomic mass is 10.1. The first kappa shape index (κ1) is 13.0. The van der Waals surface area contributed by atoms with Gasteiger partial charge in [-0.1, -0.05) is 0 Å². The molecule has 5 nitrogen and oxygen atoms in total. The van der Waals surface area contributed by atoms with Crippen LogP contribution >= 0.6 is 0 Å². The summed E-state index contributed by atoms with van der Waals surface area (Å²) < 4.78 is 5.17. The third-order valence-corrected chi connectivity index (χ3v) is 2.87. The van der Waals surface area contributed by atoms with E-state index < -0.39 is 0 Å². The third kappa shape index (κ3) is 2.88. The molecule has 0 aliphatic rings. The maximum Gasteiger partial charge on any atom is 0.254 e. The van der Waals surface area contributed by atoms with Crippen molar-refractivity contribution in [1.82, 2.24) is 4.90 Å². The number of furan rings is 1. The Morgan fingerprint density at radius 3 is 2.42 bits per heavy atom. The Balaban J connectivity index is 2.17. The average molecular weight is 261 g/mol. The first-order valence-corrected chi connectivity index (χ1v) is 5.79. The zero-order valence-corrected chi connectivity index (χ0v) is 10.8. The monoisotopic (exact) mass is 261 g/mol. The molecule has 2 aromatic rings. The molecule has 0 fully saturated rings. The zero-order chi connectivity index (χ0) is 14.0. The van der Waals surface area contributed by atoms with Gasteiger partial charge in [0.05, 0.1) is 6.26 Å². The lowest BCUT2D eigenvalue weighted by Crippen LogP contribution is -2.26. The number of aromatic hydroxyl groups is 2. The molecule has 0 radical (unpaired) electrons. The SMILES string of the molecule is Cc1occc1CN(C)C(=O)c1cc(O)cc(O)c1. The van der Waals surface area contributed by atoms with Gasteiger partial charge in [-0.3, -0.25) is 4.79 Å². The highest BCUT2D eigenvalue weighted by molar-refractivity contribution is 5.94. The van der Waals surface area contributed by atoms with E-state index in [1.54, 1.807) is 19.4 Å². The van der Waals surface area contributed by atoms with E-state index in [9.17, 15) is 15.0 Å². The number of hydrogen-bond acceptors (Lipinski definition) is 4. The standard InChI is InChI=1S/C14H15NO4/c1-9-10(3-4-19-9)8-15(2)14(18)11-5-12(16)7-13(17)6-11/h3-7,16-17H,8H2,1-2H3. The molecule has 0 saturated carbocycles. The van der Waals surface area contributed by atoms with E-state index in [2.05, 4.69) is 0 Å². The highest BCUT2D eigenvalue weighted by Crippen LogP contribution is 2.22. The summed E-state index contributed by atoms with van der Waals surface area (Å²) in [6.45, 7) is 2.23. The minimum atomic E-state index is -0.285. The van der Waals surface area contributed by atoms with E-state index in [4.69, 9.17) is 4.42 Å². The number of amides is 1. The number of phenols is 2. The number of phenolic OH excluding ortho intramolecular Hbond substituents is 2. The maximum atomic E-state index is 12.2. The number of carbonyl (C=O) groups is 1. The van der Waals surface area contributed by atoms with E-state index in [0.29, 0.717) is 6.54 Å². The van der Waals surface area contributed by atoms with Crippen LogP contribution in [0.4, 0.5) is 0 Å². The Hall–Kier alpha value is -2.43. The van der Waals surface area contributed by atoms with Gasteiger partial charge < -0.3 is 19.5 Å².